The second kappa shape index (κ2) is 8.01. The fraction of sp³-hybridized carbons (Fsp3) is 0.292. The van der Waals surface area contributed by atoms with E-state index in [4.69, 9.17) is 4.99 Å². The Morgan fingerprint density at radius 3 is 2.79 bits per heavy atom. The molecule has 3 heterocycles. The first kappa shape index (κ1) is 18.4. The molecule has 2 aliphatic rings. The number of nitrogens with zero attached hydrogens (tertiary/aromatic N) is 2. The summed E-state index contributed by atoms with van der Waals surface area (Å²) in [7, 11) is 0. The summed E-state index contributed by atoms with van der Waals surface area (Å²) in [5.74, 6) is 1.09. The topological polar surface area (TPSA) is 39.7 Å². The Morgan fingerprint density at radius 2 is 1.90 bits per heavy atom. The first-order valence-corrected chi connectivity index (χ1v) is 11.2. The Kier molecular flexibility index (Phi) is 5.08. The number of amidine groups is 1. The van der Waals surface area contributed by atoms with Crippen molar-refractivity contribution in [1.29, 1.82) is 0 Å². The molecule has 0 amide bonds. The number of aryl methyl sites for hydroxylation is 1. The van der Waals surface area contributed by atoms with Crippen LogP contribution in [0.3, 0.4) is 0 Å². The second-order valence-electron chi connectivity index (χ2n) is 7.76. The quantitative estimate of drug-likeness (QED) is 0.634. The van der Waals surface area contributed by atoms with Crippen molar-refractivity contribution in [2.24, 2.45) is 4.99 Å². The van der Waals surface area contributed by atoms with Crippen LogP contribution in [-0.2, 0) is 6.42 Å². The molecule has 29 heavy (non-hydrogen) atoms. The number of thiophene rings is 1. The number of anilines is 2. The molecule has 1 fully saturated rings. The number of hydrogen-bond donors (Lipinski definition) is 2. The molecule has 2 aromatic carbocycles. The van der Waals surface area contributed by atoms with E-state index in [0.717, 1.165) is 43.1 Å². The zero-order valence-corrected chi connectivity index (χ0v) is 17.5. The summed E-state index contributed by atoms with van der Waals surface area (Å²) in [5.41, 5.74) is 4.71. The Balaban J connectivity index is 1.42. The van der Waals surface area contributed by atoms with Crippen molar-refractivity contribution in [2.75, 3.05) is 18.4 Å². The van der Waals surface area contributed by atoms with E-state index in [1.807, 2.05) is 0 Å². The van der Waals surface area contributed by atoms with Gasteiger partial charge in [0.25, 0.3) is 0 Å². The van der Waals surface area contributed by atoms with Crippen molar-refractivity contribution in [2.45, 2.75) is 31.8 Å². The first-order valence-electron chi connectivity index (χ1n) is 10.4. The minimum Gasteiger partial charge on any atom is -0.350 e. The van der Waals surface area contributed by atoms with Crippen molar-refractivity contribution in [3.8, 4) is 0 Å². The average Bonchev–Trinajstić information content (AvgIpc) is 3.15. The second-order valence-corrected chi connectivity index (χ2v) is 8.68. The summed E-state index contributed by atoms with van der Waals surface area (Å²) in [6.45, 7) is 4.29. The smallest absolute Gasteiger partial charge is 0.139 e. The van der Waals surface area contributed by atoms with Gasteiger partial charge in [-0.3, -0.25) is 0 Å². The number of aliphatic imine (C=N–C) groups is 1. The molecule has 2 unspecified atom stereocenters. The van der Waals surface area contributed by atoms with Crippen molar-refractivity contribution in [1.82, 2.24) is 10.2 Å². The lowest BCUT2D eigenvalue weighted by atomic mass is 9.97. The van der Waals surface area contributed by atoms with Gasteiger partial charge in [-0.05, 0) is 48.9 Å². The number of fused-ring (bicyclic) bond motifs is 2. The summed E-state index contributed by atoms with van der Waals surface area (Å²) < 4.78 is 0. The molecule has 5 heteroatoms. The van der Waals surface area contributed by atoms with Crippen molar-refractivity contribution in [3.05, 3.63) is 77.2 Å². The van der Waals surface area contributed by atoms with Gasteiger partial charge in [-0.25, -0.2) is 4.99 Å². The molecular formula is C24H26N4S. The normalized spacial score (nSPS) is 20.9. The van der Waals surface area contributed by atoms with Crippen LogP contribution in [-0.4, -0.2) is 35.9 Å². The Morgan fingerprint density at radius 1 is 1.07 bits per heavy atom. The van der Waals surface area contributed by atoms with E-state index in [9.17, 15) is 0 Å². The zero-order chi connectivity index (χ0) is 19.6. The fourth-order valence-electron chi connectivity index (χ4n) is 4.35. The highest BCUT2D eigenvalue weighted by Gasteiger charge is 2.32. The lowest BCUT2D eigenvalue weighted by Gasteiger charge is -2.42. The standard InChI is InChI=1S/C24H26N4S/c1-17-20(12-11-18-7-3-2-4-8-18)25-14-15-28(17)23-19-13-16-29-24(19)27-22-10-6-5-9-21(22)26-23/h2-10,13,16-17,20,25,27H,11-12,14-15H2,1H3. The minimum absolute atomic E-state index is 0.379. The third-order valence-electron chi connectivity index (χ3n) is 5.98. The number of nitrogens with one attached hydrogen (secondary N) is 2. The predicted molar refractivity (Wildman–Crippen MR) is 123 cm³/mol. The lowest BCUT2D eigenvalue weighted by molar-refractivity contribution is 0.205. The maximum absolute atomic E-state index is 5.14. The fourth-order valence-corrected chi connectivity index (χ4v) is 5.14. The van der Waals surface area contributed by atoms with Crippen LogP contribution in [0.1, 0.15) is 24.5 Å². The largest absolute Gasteiger partial charge is 0.350 e. The third kappa shape index (κ3) is 3.68. The van der Waals surface area contributed by atoms with Crippen LogP contribution in [0.15, 0.2) is 71.0 Å². The van der Waals surface area contributed by atoms with Crippen LogP contribution >= 0.6 is 11.3 Å². The monoisotopic (exact) mass is 402 g/mol. The molecule has 2 N–H and O–H groups in total. The van der Waals surface area contributed by atoms with Gasteiger partial charge in [-0.1, -0.05) is 42.5 Å². The number of hydrogen-bond acceptors (Lipinski definition) is 5. The number of para-hydroxylation sites is 2. The summed E-state index contributed by atoms with van der Waals surface area (Å²) in [6.07, 6.45) is 2.22. The van der Waals surface area contributed by atoms with Gasteiger partial charge in [-0.2, -0.15) is 0 Å². The first-order chi connectivity index (χ1) is 14.3. The summed E-state index contributed by atoms with van der Waals surface area (Å²) in [6, 6.07) is 22.1. The molecule has 0 saturated carbocycles. The van der Waals surface area contributed by atoms with Crippen molar-refractivity contribution in [3.63, 3.8) is 0 Å². The average molecular weight is 403 g/mol. The van der Waals surface area contributed by atoms with Crippen LogP contribution < -0.4 is 10.6 Å². The van der Waals surface area contributed by atoms with Gasteiger partial charge >= 0.3 is 0 Å². The number of rotatable bonds is 3. The molecular weight excluding hydrogens is 376 g/mol. The number of piperazine rings is 1. The van der Waals surface area contributed by atoms with E-state index in [0.29, 0.717) is 12.1 Å². The van der Waals surface area contributed by atoms with Crippen LogP contribution in [0, 0.1) is 0 Å². The Bertz CT molecular complexity index is 1010. The maximum Gasteiger partial charge on any atom is 0.139 e. The lowest BCUT2D eigenvalue weighted by Crippen LogP contribution is -2.58. The van der Waals surface area contributed by atoms with E-state index in [2.05, 4.69) is 88.5 Å². The molecule has 0 aliphatic carbocycles. The van der Waals surface area contributed by atoms with Crippen molar-refractivity contribution >= 4 is 33.5 Å². The summed E-state index contributed by atoms with van der Waals surface area (Å²) >= 11 is 1.75. The molecule has 1 aromatic heterocycles. The van der Waals surface area contributed by atoms with E-state index in [1.165, 1.54) is 16.1 Å². The van der Waals surface area contributed by atoms with Gasteiger partial charge in [0.1, 0.15) is 10.8 Å². The SMILES string of the molecule is CC1C(CCc2ccccc2)NCCN1C1=Nc2ccccc2Nc2sccc21. The highest BCUT2D eigenvalue weighted by Crippen LogP contribution is 2.38. The minimum atomic E-state index is 0.379. The van der Waals surface area contributed by atoms with E-state index in [1.54, 1.807) is 11.3 Å². The maximum atomic E-state index is 5.14. The molecule has 4 nitrogen and oxygen atoms in total. The highest BCUT2D eigenvalue weighted by molar-refractivity contribution is 7.14. The highest BCUT2D eigenvalue weighted by atomic mass is 32.1. The van der Waals surface area contributed by atoms with Crippen LogP contribution in [0.25, 0.3) is 0 Å². The molecule has 5 rings (SSSR count). The van der Waals surface area contributed by atoms with Crippen molar-refractivity contribution < 1.29 is 0 Å². The van der Waals surface area contributed by atoms with Crippen LogP contribution in [0.5, 0.6) is 0 Å². The van der Waals surface area contributed by atoms with Gasteiger partial charge in [0, 0.05) is 25.2 Å². The third-order valence-corrected chi connectivity index (χ3v) is 6.81. The summed E-state index contributed by atoms with van der Waals surface area (Å²) in [4.78, 5) is 7.64. The predicted octanol–water partition coefficient (Wildman–Crippen LogP) is 5.18. The van der Waals surface area contributed by atoms with E-state index in [-0.39, 0.29) is 0 Å². The molecule has 3 aromatic rings. The summed E-state index contributed by atoms with van der Waals surface area (Å²) in [5, 5.41) is 10.7. The zero-order valence-electron chi connectivity index (χ0n) is 16.6. The number of benzene rings is 2. The van der Waals surface area contributed by atoms with Gasteiger partial charge in [0.05, 0.1) is 16.9 Å². The Hall–Kier alpha value is -2.63. The van der Waals surface area contributed by atoms with Crippen LogP contribution in [0.2, 0.25) is 0 Å². The Labute approximate surface area is 176 Å². The molecule has 0 radical (unpaired) electrons. The van der Waals surface area contributed by atoms with Gasteiger partial charge in [-0.15, -0.1) is 11.3 Å². The molecule has 2 aliphatic heterocycles. The molecule has 0 bridgehead atoms. The molecule has 2 atom stereocenters. The van der Waals surface area contributed by atoms with Gasteiger partial charge < -0.3 is 15.5 Å². The van der Waals surface area contributed by atoms with Gasteiger partial charge in [0.2, 0.25) is 0 Å². The molecule has 148 valence electrons. The van der Waals surface area contributed by atoms with Gasteiger partial charge in [0.15, 0.2) is 0 Å². The van der Waals surface area contributed by atoms with E-state index < -0.39 is 0 Å². The van der Waals surface area contributed by atoms with E-state index >= 15 is 0 Å². The van der Waals surface area contributed by atoms with Crippen LogP contribution in [0.4, 0.5) is 16.4 Å². The molecule has 1 saturated heterocycles. The molecule has 0 spiro atoms.